The van der Waals surface area contributed by atoms with Crippen LogP contribution in [0.2, 0.25) is 0 Å². The Morgan fingerprint density at radius 2 is 1.64 bits per heavy atom. The maximum Gasteiger partial charge on any atom is 0.198 e. The van der Waals surface area contributed by atoms with E-state index in [2.05, 4.69) is 20.0 Å². The van der Waals surface area contributed by atoms with Crippen molar-refractivity contribution in [3.8, 4) is 0 Å². The summed E-state index contributed by atoms with van der Waals surface area (Å²) in [5.41, 5.74) is 0. The number of hydrogen-bond donors (Lipinski definition) is 6. The number of rotatable bonds is 13. The lowest BCUT2D eigenvalue weighted by molar-refractivity contribution is -0.132. The van der Waals surface area contributed by atoms with Gasteiger partial charge in [-0.05, 0) is 44.5 Å². The first-order chi connectivity index (χ1) is 15.7. The topological polar surface area (TPSA) is 148 Å². The molecular formula is C22H37N3O6S2. The average molecular weight is 504 g/mol. The zero-order chi connectivity index (χ0) is 24.6. The lowest BCUT2D eigenvalue weighted by atomic mass is 10.1. The molecule has 6 N–H and O–H groups in total. The van der Waals surface area contributed by atoms with Crippen LogP contribution in [0.1, 0.15) is 71.1 Å². The fraction of sp³-hybridized carbons (Fsp3) is 0.727. The second-order valence-electron chi connectivity index (χ2n) is 8.10. The molecule has 0 spiro atoms. The number of nitrogens with zero attached hydrogens (tertiary/aromatic N) is 1. The van der Waals surface area contributed by atoms with E-state index in [4.69, 9.17) is 44.9 Å². The number of unbranched alkanes of at least 4 members (excludes halogenated alkanes) is 7. The van der Waals surface area contributed by atoms with Gasteiger partial charge in [0.05, 0.1) is 11.6 Å². The Morgan fingerprint density at radius 3 is 2.09 bits per heavy atom. The normalized spacial score (nSPS) is 21.8. The predicted molar refractivity (Wildman–Crippen MR) is 132 cm³/mol. The molecule has 9 nitrogen and oxygen atoms in total. The minimum absolute atomic E-state index is 0.308. The molecule has 1 saturated heterocycles. The second-order valence-corrected chi connectivity index (χ2v) is 8.98. The fourth-order valence-corrected chi connectivity index (χ4v) is 3.68. The quantitative estimate of drug-likeness (QED) is 0.175. The fourth-order valence-electron chi connectivity index (χ4n) is 3.25. The van der Waals surface area contributed by atoms with Crippen molar-refractivity contribution in [3.05, 3.63) is 17.0 Å². The van der Waals surface area contributed by atoms with E-state index in [-0.39, 0.29) is 0 Å². The number of aromatic nitrogens is 2. The first-order valence-corrected chi connectivity index (χ1v) is 12.2. The van der Waals surface area contributed by atoms with Crippen LogP contribution >= 0.6 is 24.4 Å². The van der Waals surface area contributed by atoms with Crippen LogP contribution in [0.3, 0.4) is 0 Å². The number of H-pyrrole nitrogens is 1. The molecule has 0 aliphatic carbocycles. The van der Waals surface area contributed by atoms with E-state index in [0.29, 0.717) is 10.6 Å². The monoisotopic (exact) mass is 503 g/mol. The predicted octanol–water partition coefficient (Wildman–Crippen LogP) is 2.79. The Balaban J connectivity index is 0.000000451. The van der Waals surface area contributed by atoms with E-state index in [1.54, 1.807) is 13.1 Å². The number of thiocarbonyl (C=S) groups is 1. The Hall–Kier alpha value is -1.34. The second kappa shape index (κ2) is 17.1. The van der Waals surface area contributed by atoms with Crippen molar-refractivity contribution in [1.82, 2.24) is 9.97 Å². The van der Waals surface area contributed by atoms with Gasteiger partial charge in [-0.2, -0.15) is 0 Å². The van der Waals surface area contributed by atoms with E-state index >= 15 is 0 Å². The number of carbonyl (C=O) groups is 1. The molecule has 1 aromatic rings. The Bertz CT molecular complexity index is 764. The third-order valence-electron chi connectivity index (χ3n) is 5.15. The van der Waals surface area contributed by atoms with Crippen molar-refractivity contribution in [3.63, 3.8) is 0 Å². The number of aromatic amines is 1. The highest BCUT2D eigenvalue weighted by Gasteiger charge is 2.41. The van der Waals surface area contributed by atoms with Crippen molar-refractivity contribution in [2.75, 3.05) is 11.9 Å². The van der Waals surface area contributed by atoms with Gasteiger partial charge in [0.2, 0.25) is 0 Å². The number of aliphatic hydroxyl groups excluding tert-OH is 4. The summed E-state index contributed by atoms with van der Waals surface area (Å²) in [5, 5.41) is 38.1. The van der Waals surface area contributed by atoms with Crippen molar-refractivity contribution in [1.29, 1.82) is 0 Å². The number of nitrogens with one attached hydrogen (secondary N) is 2. The molecule has 33 heavy (non-hydrogen) atoms. The van der Waals surface area contributed by atoms with Crippen LogP contribution in [0.25, 0.3) is 0 Å². The van der Waals surface area contributed by atoms with E-state index in [9.17, 15) is 4.79 Å². The van der Waals surface area contributed by atoms with Gasteiger partial charge in [-0.1, -0.05) is 50.7 Å². The summed E-state index contributed by atoms with van der Waals surface area (Å²) in [6.45, 7) is 1.26. The summed E-state index contributed by atoms with van der Waals surface area (Å²) in [6, 6.07) is 1.83. The van der Waals surface area contributed by atoms with Crippen molar-refractivity contribution in [2.24, 2.45) is 0 Å². The van der Waals surface area contributed by atoms with Gasteiger partial charge in [0, 0.05) is 12.6 Å². The van der Waals surface area contributed by atoms with Crippen LogP contribution in [0.15, 0.2) is 12.3 Å². The highest BCUT2D eigenvalue weighted by Crippen LogP contribution is 2.18. The summed E-state index contributed by atoms with van der Waals surface area (Å²) >= 11 is 10.3. The number of ketones is 1. The number of hydrogen-bond acceptors (Lipinski definition) is 9. The molecule has 1 aliphatic heterocycles. The lowest BCUT2D eigenvalue weighted by Gasteiger charge is -2.09. The summed E-state index contributed by atoms with van der Waals surface area (Å²) < 4.78 is 5.00. The van der Waals surface area contributed by atoms with Gasteiger partial charge in [-0.25, -0.2) is 4.98 Å². The summed E-state index contributed by atoms with van der Waals surface area (Å²) in [6.07, 6.45) is 8.16. The molecule has 2 rings (SSSR count). The number of ether oxygens (including phenoxy) is 1. The first kappa shape index (κ1) is 29.7. The standard InChI is InChI=1S/C17H27N3OS2.C5H10O5/c1-14(21)10-8-6-4-2-3-5-7-9-11-16(22)19-15-12-13-18-17(23)20-15;6-1-2-3(7)4(8)5(9)10-2/h12-13H,2-11H2,1H3,(H2,18,19,20,22,23);2-9H,1H2/t;2-,3-,4+,5?/m.1/s1. The Labute approximate surface area is 205 Å². The van der Waals surface area contributed by atoms with Crippen LogP contribution < -0.4 is 5.32 Å². The van der Waals surface area contributed by atoms with Gasteiger partial charge in [0.15, 0.2) is 11.1 Å². The van der Waals surface area contributed by atoms with Crippen LogP contribution in [0, 0.1) is 4.77 Å². The van der Waals surface area contributed by atoms with E-state index in [1.165, 1.54) is 38.5 Å². The van der Waals surface area contributed by atoms with Crippen LogP contribution in [0.4, 0.5) is 5.82 Å². The van der Waals surface area contributed by atoms with Crippen LogP contribution in [0.5, 0.6) is 0 Å². The molecule has 0 saturated carbocycles. The van der Waals surface area contributed by atoms with Crippen LogP contribution in [-0.2, 0) is 9.53 Å². The molecule has 2 heterocycles. The summed E-state index contributed by atoms with van der Waals surface area (Å²) in [7, 11) is 0. The minimum atomic E-state index is -1.38. The van der Waals surface area contributed by atoms with Crippen molar-refractivity contribution < 1.29 is 30.0 Å². The Morgan fingerprint density at radius 1 is 1.06 bits per heavy atom. The molecule has 1 aromatic heterocycles. The van der Waals surface area contributed by atoms with Crippen molar-refractivity contribution >= 4 is 41.0 Å². The van der Waals surface area contributed by atoms with Gasteiger partial charge in [0.25, 0.3) is 0 Å². The molecule has 11 heteroatoms. The smallest absolute Gasteiger partial charge is 0.198 e. The van der Waals surface area contributed by atoms with E-state index in [0.717, 1.165) is 36.5 Å². The molecule has 0 amide bonds. The van der Waals surface area contributed by atoms with Gasteiger partial charge in [0.1, 0.15) is 29.9 Å². The first-order valence-electron chi connectivity index (χ1n) is 11.4. The number of aliphatic hydroxyl groups is 4. The maximum atomic E-state index is 10.8. The molecule has 0 bridgehead atoms. The number of carbonyl (C=O) groups excluding carboxylic acids is 1. The van der Waals surface area contributed by atoms with Gasteiger partial charge in [-0.3, -0.25) is 0 Å². The largest absolute Gasteiger partial charge is 0.394 e. The molecule has 4 atom stereocenters. The van der Waals surface area contributed by atoms with E-state index in [1.807, 2.05) is 6.07 Å². The van der Waals surface area contributed by atoms with Gasteiger partial charge < -0.3 is 40.3 Å². The third kappa shape index (κ3) is 13.2. The molecule has 1 unspecified atom stereocenters. The molecular weight excluding hydrogens is 466 g/mol. The minimum Gasteiger partial charge on any atom is -0.394 e. The SMILES string of the molecule is CC(=O)CCCCCCCCCCC(=S)Nc1ccnc(=S)[nH]1.OC[C@H]1OC(O)[C@@H](O)[C@@H]1O. The number of anilines is 1. The highest BCUT2D eigenvalue weighted by molar-refractivity contribution is 7.80. The van der Waals surface area contributed by atoms with Crippen LogP contribution in [-0.4, -0.2) is 72.4 Å². The maximum absolute atomic E-state index is 10.8. The summed E-state index contributed by atoms with van der Waals surface area (Å²) in [5.74, 6) is 1.11. The molecule has 1 fully saturated rings. The molecule has 188 valence electrons. The zero-order valence-corrected chi connectivity index (χ0v) is 20.7. The highest BCUT2D eigenvalue weighted by atomic mass is 32.1. The number of Topliss-reactive ketones (excluding diaryl/α,β-unsaturated/α-hetero) is 1. The molecule has 0 radical (unpaired) electrons. The molecule has 1 aliphatic rings. The Kier molecular flexibility index (Phi) is 15.4. The van der Waals surface area contributed by atoms with Gasteiger partial charge >= 0.3 is 0 Å². The van der Waals surface area contributed by atoms with E-state index < -0.39 is 31.2 Å². The molecule has 0 aromatic carbocycles. The van der Waals surface area contributed by atoms with Crippen molar-refractivity contribution in [2.45, 2.75) is 95.7 Å². The lowest BCUT2D eigenvalue weighted by Crippen LogP contribution is -2.33. The zero-order valence-electron chi connectivity index (χ0n) is 19.1. The average Bonchev–Trinajstić information content (AvgIpc) is 3.02. The third-order valence-corrected chi connectivity index (χ3v) is 5.66. The summed E-state index contributed by atoms with van der Waals surface area (Å²) in [4.78, 5) is 18.6. The van der Waals surface area contributed by atoms with Gasteiger partial charge in [-0.15, -0.1) is 0 Å².